The van der Waals surface area contributed by atoms with Crippen molar-refractivity contribution in [1.29, 1.82) is 0 Å². The van der Waals surface area contributed by atoms with Gasteiger partial charge in [0, 0.05) is 37.6 Å². The van der Waals surface area contributed by atoms with E-state index in [1.54, 1.807) is 0 Å². The topological polar surface area (TPSA) is 55.0 Å². The molecule has 0 fully saturated rings. The molecule has 0 radical (unpaired) electrons. The van der Waals surface area contributed by atoms with Gasteiger partial charge in [0.1, 0.15) is 11.6 Å². The lowest BCUT2D eigenvalue weighted by Gasteiger charge is -2.27. The summed E-state index contributed by atoms with van der Waals surface area (Å²) in [5.74, 6) is 3.49. The molecule has 1 aromatic carbocycles. The van der Waals surface area contributed by atoms with Gasteiger partial charge in [-0.1, -0.05) is 38.1 Å². The van der Waals surface area contributed by atoms with Crippen molar-refractivity contribution in [3.05, 3.63) is 53.9 Å². The van der Waals surface area contributed by atoms with E-state index >= 15 is 0 Å². The van der Waals surface area contributed by atoms with Crippen LogP contribution in [0.5, 0.6) is 0 Å². The van der Waals surface area contributed by atoms with Gasteiger partial charge in [-0.2, -0.15) is 5.10 Å². The third kappa shape index (κ3) is 4.57. The molecule has 0 bridgehead atoms. The fraction of sp³-hybridized carbons (Fsp3) is 0.500. The first-order chi connectivity index (χ1) is 14.0. The Bertz CT molecular complexity index is 936. The smallest absolute Gasteiger partial charge is 0.181 e. The Morgan fingerprint density at radius 2 is 1.90 bits per heavy atom. The molecule has 7 nitrogen and oxygen atoms in total. The van der Waals surface area contributed by atoms with Crippen molar-refractivity contribution in [2.75, 3.05) is 27.2 Å². The van der Waals surface area contributed by atoms with E-state index in [-0.39, 0.29) is 0 Å². The van der Waals surface area contributed by atoms with Gasteiger partial charge in [0.15, 0.2) is 5.82 Å². The summed E-state index contributed by atoms with van der Waals surface area (Å²) in [4.78, 5) is 14.0. The third-order valence-corrected chi connectivity index (χ3v) is 5.53. The first kappa shape index (κ1) is 19.8. The minimum Gasteiger partial charge on any atom is -0.333 e. The van der Waals surface area contributed by atoms with Crippen LogP contribution in [0.2, 0.25) is 0 Å². The summed E-state index contributed by atoms with van der Waals surface area (Å²) in [5.41, 5.74) is 2.42. The lowest BCUT2D eigenvalue weighted by Crippen LogP contribution is -2.34. The average molecular weight is 394 g/mol. The van der Waals surface area contributed by atoms with Crippen LogP contribution in [0.3, 0.4) is 0 Å². The van der Waals surface area contributed by atoms with Crippen molar-refractivity contribution in [3.8, 4) is 11.4 Å². The fourth-order valence-corrected chi connectivity index (χ4v) is 3.66. The van der Waals surface area contributed by atoms with E-state index in [1.807, 2.05) is 6.20 Å². The Morgan fingerprint density at radius 1 is 1.10 bits per heavy atom. The second-order valence-corrected chi connectivity index (χ2v) is 8.40. The number of hydrogen-bond donors (Lipinski definition) is 0. The number of benzene rings is 1. The molecule has 0 amide bonds. The van der Waals surface area contributed by atoms with Crippen LogP contribution in [0.15, 0.2) is 36.7 Å². The van der Waals surface area contributed by atoms with E-state index in [0.29, 0.717) is 5.92 Å². The van der Waals surface area contributed by atoms with E-state index < -0.39 is 0 Å². The van der Waals surface area contributed by atoms with E-state index in [1.165, 1.54) is 5.56 Å². The van der Waals surface area contributed by atoms with Crippen LogP contribution in [0, 0.1) is 0 Å². The third-order valence-electron chi connectivity index (χ3n) is 5.53. The quantitative estimate of drug-likeness (QED) is 0.618. The van der Waals surface area contributed by atoms with Crippen LogP contribution in [0.1, 0.15) is 37.0 Å². The molecule has 0 atom stereocenters. The van der Waals surface area contributed by atoms with Crippen molar-refractivity contribution in [2.45, 2.75) is 45.9 Å². The van der Waals surface area contributed by atoms with E-state index in [4.69, 9.17) is 10.1 Å². The highest BCUT2D eigenvalue weighted by Crippen LogP contribution is 2.21. The van der Waals surface area contributed by atoms with E-state index in [9.17, 15) is 0 Å². The van der Waals surface area contributed by atoms with Gasteiger partial charge in [-0.3, -0.25) is 4.90 Å². The molecule has 3 aromatic rings. The molecule has 3 heterocycles. The number of likely N-dealkylation sites (N-methyl/N-ethyl adjacent to an activating group) is 1. The standard InChI is InChI=1S/C22H31N7/c1-17(2)18-5-7-19(8-6-18)22-24-21(29(25-22)14-11-26(3)4)16-27-12-13-28-10-9-23-20(28)15-27/h5-10,17H,11-16H2,1-4H3. The van der Waals surface area contributed by atoms with E-state index in [2.05, 4.69) is 82.4 Å². The Labute approximate surface area is 173 Å². The monoisotopic (exact) mass is 393 g/mol. The number of imidazole rings is 1. The molecular weight excluding hydrogens is 362 g/mol. The lowest BCUT2D eigenvalue weighted by atomic mass is 10.0. The zero-order chi connectivity index (χ0) is 20.4. The maximum atomic E-state index is 4.94. The van der Waals surface area contributed by atoms with Gasteiger partial charge in [0.2, 0.25) is 0 Å². The highest BCUT2D eigenvalue weighted by Gasteiger charge is 2.20. The Kier molecular flexibility index (Phi) is 5.78. The second kappa shape index (κ2) is 8.47. The zero-order valence-corrected chi connectivity index (χ0v) is 17.9. The zero-order valence-electron chi connectivity index (χ0n) is 17.9. The van der Waals surface area contributed by atoms with Crippen molar-refractivity contribution in [3.63, 3.8) is 0 Å². The SMILES string of the molecule is CC(C)c1ccc(-c2nc(CN3CCn4ccnc4C3)n(CCN(C)C)n2)cc1. The molecule has 1 aliphatic rings. The van der Waals surface area contributed by atoms with Gasteiger partial charge in [0.25, 0.3) is 0 Å². The largest absolute Gasteiger partial charge is 0.333 e. The first-order valence-corrected chi connectivity index (χ1v) is 10.4. The second-order valence-electron chi connectivity index (χ2n) is 8.40. The van der Waals surface area contributed by atoms with Crippen molar-refractivity contribution >= 4 is 0 Å². The molecule has 0 unspecified atom stereocenters. The van der Waals surface area contributed by atoms with Gasteiger partial charge < -0.3 is 9.47 Å². The summed E-state index contributed by atoms with van der Waals surface area (Å²) in [6, 6.07) is 8.65. The highest BCUT2D eigenvalue weighted by molar-refractivity contribution is 5.55. The summed E-state index contributed by atoms with van der Waals surface area (Å²) < 4.78 is 4.31. The van der Waals surface area contributed by atoms with Gasteiger partial charge in [-0.25, -0.2) is 14.6 Å². The molecular formula is C22H31N7. The van der Waals surface area contributed by atoms with Crippen LogP contribution in [0.25, 0.3) is 11.4 Å². The Morgan fingerprint density at radius 3 is 2.62 bits per heavy atom. The summed E-state index contributed by atoms with van der Waals surface area (Å²) >= 11 is 0. The predicted octanol–water partition coefficient (Wildman–Crippen LogP) is 2.84. The maximum absolute atomic E-state index is 4.94. The van der Waals surface area contributed by atoms with Gasteiger partial charge in [-0.05, 0) is 25.6 Å². The summed E-state index contributed by atoms with van der Waals surface area (Å²) in [5, 5.41) is 4.86. The molecule has 2 aromatic heterocycles. The fourth-order valence-electron chi connectivity index (χ4n) is 3.66. The van der Waals surface area contributed by atoms with Crippen LogP contribution in [-0.4, -0.2) is 61.3 Å². The number of nitrogens with zero attached hydrogens (tertiary/aromatic N) is 7. The molecule has 29 heavy (non-hydrogen) atoms. The van der Waals surface area contributed by atoms with E-state index in [0.717, 1.165) is 62.3 Å². The molecule has 0 N–H and O–H groups in total. The Hall–Kier alpha value is -2.51. The molecule has 0 saturated carbocycles. The minimum absolute atomic E-state index is 0.525. The van der Waals surface area contributed by atoms with Crippen LogP contribution >= 0.6 is 0 Å². The normalized spacial score (nSPS) is 14.7. The number of aromatic nitrogens is 5. The van der Waals surface area contributed by atoms with Crippen LogP contribution in [0.4, 0.5) is 0 Å². The van der Waals surface area contributed by atoms with Crippen LogP contribution in [-0.2, 0) is 26.2 Å². The molecule has 4 rings (SSSR count). The summed E-state index contributed by atoms with van der Waals surface area (Å²) in [6.45, 7) is 9.82. The molecule has 0 saturated heterocycles. The highest BCUT2D eigenvalue weighted by atomic mass is 15.4. The molecule has 0 spiro atoms. The average Bonchev–Trinajstić information content (AvgIpc) is 3.33. The molecule has 7 heteroatoms. The van der Waals surface area contributed by atoms with Crippen LogP contribution < -0.4 is 0 Å². The van der Waals surface area contributed by atoms with Gasteiger partial charge in [0.05, 0.1) is 19.6 Å². The molecule has 0 aliphatic carbocycles. The van der Waals surface area contributed by atoms with Gasteiger partial charge in [-0.15, -0.1) is 0 Å². The molecule has 154 valence electrons. The molecule has 1 aliphatic heterocycles. The van der Waals surface area contributed by atoms with Crippen molar-refractivity contribution < 1.29 is 0 Å². The minimum atomic E-state index is 0.525. The first-order valence-electron chi connectivity index (χ1n) is 10.4. The number of hydrogen-bond acceptors (Lipinski definition) is 5. The van der Waals surface area contributed by atoms with Gasteiger partial charge >= 0.3 is 0 Å². The summed E-state index contributed by atoms with van der Waals surface area (Å²) in [6.07, 6.45) is 3.95. The van der Waals surface area contributed by atoms with Crippen molar-refractivity contribution in [1.82, 2.24) is 34.1 Å². The Balaban J connectivity index is 1.56. The maximum Gasteiger partial charge on any atom is 0.181 e. The van der Waals surface area contributed by atoms with Crippen molar-refractivity contribution in [2.24, 2.45) is 0 Å². The number of fused-ring (bicyclic) bond motifs is 1. The summed E-state index contributed by atoms with van der Waals surface area (Å²) in [7, 11) is 4.18. The predicted molar refractivity (Wildman–Crippen MR) is 114 cm³/mol. The number of rotatable bonds is 7. The lowest BCUT2D eigenvalue weighted by molar-refractivity contribution is 0.199.